The lowest BCUT2D eigenvalue weighted by Gasteiger charge is -2.06. The minimum atomic E-state index is -0.408. The molecule has 0 saturated heterocycles. The number of para-hydroxylation sites is 1. The molecule has 0 radical (unpaired) electrons. The first kappa shape index (κ1) is 18.1. The van der Waals surface area contributed by atoms with Crippen molar-refractivity contribution in [1.29, 1.82) is 0 Å². The van der Waals surface area contributed by atoms with E-state index in [0.29, 0.717) is 16.9 Å². The van der Waals surface area contributed by atoms with Gasteiger partial charge in [0.25, 0.3) is 0 Å². The Morgan fingerprint density at radius 3 is 2.19 bits per heavy atom. The molecule has 134 valence electrons. The predicted molar refractivity (Wildman–Crippen MR) is 103 cm³/mol. The molecule has 4 nitrogen and oxygen atoms in total. The number of rotatable bonds is 5. The van der Waals surface area contributed by atoms with Gasteiger partial charge in [0.15, 0.2) is 0 Å². The fraction of sp³-hybridized carbons (Fsp3) is 0.0870. The van der Waals surface area contributed by atoms with Gasteiger partial charge in [0.05, 0.1) is 12.7 Å². The minimum Gasteiger partial charge on any atom is -0.481 e. The second-order valence-corrected chi connectivity index (χ2v) is 5.51. The molecular weight excluding hydrogens is 340 g/mol. The van der Waals surface area contributed by atoms with E-state index in [0.717, 1.165) is 11.5 Å². The third-order valence-electron chi connectivity index (χ3n) is 3.67. The van der Waals surface area contributed by atoms with Crippen molar-refractivity contribution in [1.82, 2.24) is 0 Å². The third-order valence-corrected chi connectivity index (χ3v) is 3.67. The molecule has 4 heteroatoms. The highest BCUT2D eigenvalue weighted by Crippen LogP contribution is 2.23. The van der Waals surface area contributed by atoms with Crippen molar-refractivity contribution in [3.8, 4) is 29.1 Å². The molecule has 0 heterocycles. The van der Waals surface area contributed by atoms with Crippen LogP contribution in [0.1, 0.15) is 15.9 Å². The van der Waals surface area contributed by atoms with Crippen LogP contribution in [0.25, 0.3) is 0 Å². The van der Waals surface area contributed by atoms with Gasteiger partial charge in [0, 0.05) is 5.56 Å². The summed E-state index contributed by atoms with van der Waals surface area (Å²) in [6.07, 6.45) is 0. The first-order valence-electron chi connectivity index (χ1n) is 8.38. The zero-order valence-electron chi connectivity index (χ0n) is 14.8. The molecule has 0 aromatic heterocycles. The second kappa shape index (κ2) is 9.12. The van der Waals surface area contributed by atoms with E-state index in [4.69, 9.17) is 14.2 Å². The Kier molecular flexibility index (Phi) is 6.11. The molecule has 0 aliphatic rings. The van der Waals surface area contributed by atoms with Gasteiger partial charge < -0.3 is 14.2 Å². The first-order chi connectivity index (χ1) is 13.3. The summed E-state index contributed by atoms with van der Waals surface area (Å²) in [4.78, 5) is 11.7. The zero-order valence-corrected chi connectivity index (χ0v) is 14.8. The van der Waals surface area contributed by atoms with E-state index in [1.807, 2.05) is 60.7 Å². The lowest BCUT2D eigenvalue weighted by molar-refractivity contribution is 0.0600. The van der Waals surface area contributed by atoms with E-state index < -0.39 is 5.97 Å². The lowest BCUT2D eigenvalue weighted by Crippen LogP contribution is -2.03. The fourth-order valence-corrected chi connectivity index (χ4v) is 2.36. The number of hydrogen-bond donors (Lipinski definition) is 0. The second-order valence-electron chi connectivity index (χ2n) is 5.51. The molecule has 0 N–H and O–H groups in total. The van der Waals surface area contributed by atoms with Crippen molar-refractivity contribution < 1.29 is 19.0 Å². The number of carbonyl (C=O) groups excluding carboxylic acids is 1. The quantitative estimate of drug-likeness (QED) is 0.490. The van der Waals surface area contributed by atoms with E-state index in [1.165, 1.54) is 7.11 Å². The number of hydrogen-bond acceptors (Lipinski definition) is 4. The summed E-state index contributed by atoms with van der Waals surface area (Å²) in [5.41, 5.74) is 1.05. The fourth-order valence-electron chi connectivity index (χ4n) is 2.36. The topological polar surface area (TPSA) is 44.8 Å². The molecule has 3 aromatic rings. The lowest BCUT2D eigenvalue weighted by atomic mass is 10.1. The van der Waals surface area contributed by atoms with Gasteiger partial charge in [-0.05, 0) is 48.5 Å². The average Bonchev–Trinajstić information content (AvgIpc) is 2.73. The molecule has 0 unspecified atom stereocenters. The van der Waals surface area contributed by atoms with Crippen molar-refractivity contribution >= 4 is 5.97 Å². The van der Waals surface area contributed by atoms with E-state index in [9.17, 15) is 4.79 Å². The highest BCUT2D eigenvalue weighted by Gasteiger charge is 2.08. The molecule has 0 atom stereocenters. The molecule has 0 aliphatic heterocycles. The first-order valence-corrected chi connectivity index (χ1v) is 8.38. The van der Waals surface area contributed by atoms with Crippen molar-refractivity contribution in [3.63, 3.8) is 0 Å². The maximum absolute atomic E-state index is 11.7. The monoisotopic (exact) mass is 358 g/mol. The van der Waals surface area contributed by atoms with Crippen molar-refractivity contribution in [3.05, 3.63) is 90.0 Å². The summed E-state index contributed by atoms with van der Waals surface area (Å²) in [7, 11) is 1.35. The van der Waals surface area contributed by atoms with Crippen LogP contribution in [-0.2, 0) is 4.74 Å². The van der Waals surface area contributed by atoms with Crippen LogP contribution < -0.4 is 9.47 Å². The molecule has 0 bridgehead atoms. The Hall–Kier alpha value is -3.71. The minimum absolute atomic E-state index is 0.203. The highest BCUT2D eigenvalue weighted by atomic mass is 16.5. The van der Waals surface area contributed by atoms with Crippen LogP contribution in [0.2, 0.25) is 0 Å². The molecule has 3 aromatic carbocycles. The van der Waals surface area contributed by atoms with Gasteiger partial charge in [0.1, 0.15) is 23.9 Å². The van der Waals surface area contributed by atoms with Crippen LogP contribution in [0.4, 0.5) is 0 Å². The predicted octanol–water partition coefficient (Wildman–Crippen LogP) is 4.70. The smallest absolute Gasteiger partial charge is 0.339 e. The van der Waals surface area contributed by atoms with E-state index in [-0.39, 0.29) is 6.61 Å². The summed E-state index contributed by atoms with van der Waals surface area (Å²) in [5.74, 6) is 7.64. The van der Waals surface area contributed by atoms with Crippen LogP contribution in [0.5, 0.6) is 17.2 Å². The summed E-state index contributed by atoms with van der Waals surface area (Å²) < 4.78 is 16.1. The van der Waals surface area contributed by atoms with E-state index in [1.54, 1.807) is 18.2 Å². The Balaban J connectivity index is 1.58. The molecule has 0 saturated carbocycles. The Morgan fingerprint density at radius 2 is 1.44 bits per heavy atom. The highest BCUT2D eigenvalue weighted by molar-refractivity contribution is 5.92. The third kappa shape index (κ3) is 5.13. The van der Waals surface area contributed by atoms with Crippen LogP contribution in [0.15, 0.2) is 78.9 Å². The molecule has 3 rings (SSSR count). The Bertz CT molecular complexity index is 951. The van der Waals surface area contributed by atoms with Gasteiger partial charge in [0.2, 0.25) is 0 Å². The van der Waals surface area contributed by atoms with Gasteiger partial charge >= 0.3 is 5.97 Å². The van der Waals surface area contributed by atoms with E-state index in [2.05, 4.69) is 11.8 Å². The van der Waals surface area contributed by atoms with Gasteiger partial charge in [-0.15, -0.1) is 0 Å². The Morgan fingerprint density at radius 1 is 0.815 bits per heavy atom. The SMILES string of the molecule is COC(=O)c1ccccc1C#CCOc1ccc(Oc2ccccc2)cc1. The normalized spacial score (nSPS) is 9.67. The number of carbonyl (C=O) groups is 1. The maximum atomic E-state index is 11.7. The van der Waals surface area contributed by atoms with Crippen molar-refractivity contribution in [2.24, 2.45) is 0 Å². The summed E-state index contributed by atoms with van der Waals surface area (Å²) in [6, 6.07) is 23.9. The van der Waals surface area contributed by atoms with Crippen LogP contribution in [-0.4, -0.2) is 19.7 Å². The molecule has 0 fully saturated rings. The summed E-state index contributed by atoms with van der Waals surface area (Å²) >= 11 is 0. The van der Waals surface area contributed by atoms with Gasteiger partial charge in [-0.1, -0.05) is 42.2 Å². The molecule has 27 heavy (non-hydrogen) atoms. The Labute approximate surface area is 158 Å². The number of benzene rings is 3. The van der Waals surface area contributed by atoms with Gasteiger partial charge in [-0.25, -0.2) is 4.79 Å². The number of ether oxygens (including phenoxy) is 3. The summed E-state index contributed by atoms with van der Waals surface area (Å²) in [6.45, 7) is 0.203. The average molecular weight is 358 g/mol. The largest absolute Gasteiger partial charge is 0.481 e. The van der Waals surface area contributed by atoms with Crippen molar-refractivity contribution in [2.75, 3.05) is 13.7 Å². The zero-order chi connectivity index (χ0) is 18.9. The molecule has 0 aliphatic carbocycles. The molecular formula is C23H18O4. The summed E-state index contributed by atoms with van der Waals surface area (Å²) in [5, 5.41) is 0. The van der Waals surface area contributed by atoms with Crippen LogP contribution in [0, 0.1) is 11.8 Å². The van der Waals surface area contributed by atoms with Crippen molar-refractivity contribution in [2.45, 2.75) is 0 Å². The molecule has 0 amide bonds. The standard InChI is InChI=1S/C23H18O4/c1-25-23(24)22-12-6-5-8-18(22)9-7-17-26-19-13-15-21(16-14-19)27-20-10-3-2-4-11-20/h2-6,8,10-16H,17H2,1H3. The van der Waals surface area contributed by atoms with Crippen LogP contribution in [0.3, 0.4) is 0 Å². The number of methoxy groups -OCH3 is 1. The van der Waals surface area contributed by atoms with E-state index >= 15 is 0 Å². The van der Waals surface area contributed by atoms with Crippen LogP contribution >= 0.6 is 0 Å². The molecule has 0 spiro atoms. The number of esters is 1. The van der Waals surface area contributed by atoms with Gasteiger partial charge in [-0.3, -0.25) is 0 Å². The van der Waals surface area contributed by atoms with Gasteiger partial charge in [-0.2, -0.15) is 0 Å². The maximum Gasteiger partial charge on any atom is 0.339 e.